The molecule has 0 saturated heterocycles. The molecule has 0 fully saturated rings. The van der Waals surface area contributed by atoms with Gasteiger partial charge in [-0.3, -0.25) is 0 Å². The van der Waals surface area contributed by atoms with Crippen LogP contribution in [0, 0.1) is 0 Å². The summed E-state index contributed by atoms with van der Waals surface area (Å²) in [6, 6.07) is 0. The van der Waals surface area contributed by atoms with Crippen LogP contribution in [-0.2, 0) is 4.79 Å². The first kappa shape index (κ1) is 14.1. The minimum absolute atomic E-state index is 0.246. The molecule has 1 aliphatic rings. The Labute approximate surface area is 105 Å². The number of hydrogen-bond donors (Lipinski definition) is 0. The van der Waals surface area contributed by atoms with Gasteiger partial charge >= 0.3 is 5.91 Å². The first-order chi connectivity index (χ1) is 8.19. The maximum atomic E-state index is 11.9. The van der Waals surface area contributed by atoms with Crippen LogP contribution >= 0.6 is 0 Å². The molecule has 0 N–H and O–H groups in total. The van der Waals surface area contributed by atoms with Crippen molar-refractivity contribution in [2.24, 2.45) is 4.99 Å². The van der Waals surface area contributed by atoms with E-state index >= 15 is 0 Å². The molecule has 0 radical (unpaired) electrons. The zero-order valence-corrected chi connectivity index (χ0v) is 11.2. The van der Waals surface area contributed by atoms with Gasteiger partial charge in [0.1, 0.15) is 6.20 Å². The molecule has 3 nitrogen and oxygen atoms in total. The van der Waals surface area contributed by atoms with Crippen molar-refractivity contribution in [1.29, 1.82) is 0 Å². The topological polar surface area (TPSA) is 29.4 Å². The van der Waals surface area contributed by atoms with Crippen LogP contribution in [-0.4, -0.2) is 23.8 Å². The predicted molar refractivity (Wildman–Crippen MR) is 71.4 cm³/mol. The van der Waals surface area contributed by atoms with Crippen LogP contribution < -0.4 is 0 Å². The number of hydrogen-bond acceptors (Lipinski definition) is 2. The van der Waals surface area contributed by atoms with E-state index in [2.05, 4.69) is 11.9 Å². The monoisotopic (exact) mass is 237 g/mol. The van der Waals surface area contributed by atoms with Crippen molar-refractivity contribution < 1.29 is 9.28 Å². The Hall–Kier alpha value is -0.960. The van der Waals surface area contributed by atoms with Crippen LogP contribution in [0.5, 0.6) is 0 Å². The molecule has 17 heavy (non-hydrogen) atoms. The van der Waals surface area contributed by atoms with Crippen molar-refractivity contribution in [3.63, 3.8) is 0 Å². The van der Waals surface area contributed by atoms with E-state index in [0.717, 1.165) is 6.42 Å². The number of carbonyl (C=O) groups excluding carboxylic acids is 1. The standard InChI is InChI=1S/C14H25N2O/c1-3-4-5-6-7-8-9-10-14(17)16(2)12-11-15-13-16/h11-13H,3-10H2,1-2H3/q+1. The first-order valence-electron chi connectivity index (χ1n) is 6.80. The molecule has 1 heterocycles. The Morgan fingerprint density at radius 2 is 1.76 bits per heavy atom. The van der Waals surface area contributed by atoms with Gasteiger partial charge in [-0.15, -0.1) is 0 Å². The number of unbranched alkanes of at least 4 members (excludes halogenated alkanes) is 6. The van der Waals surface area contributed by atoms with Crippen molar-refractivity contribution in [3.8, 4) is 0 Å². The fourth-order valence-electron chi connectivity index (χ4n) is 2.01. The summed E-state index contributed by atoms with van der Waals surface area (Å²) in [6.45, 7) is 2.23. The second-order valence-corrected chi connectivity index (χ2v) is 4.98. The normalized spacial score (nSPS) is 22.2. The quantitative estimate of drug-likeness (QED) is 0.468. The molecule has 1 rings (SSSR count). The lowest BCUT2D eigenvalue weighted by Crippen LogP contribution is -2.41. The van der Waals surface area contributed by atoms with Gasteiger partial charge in [-0.25, -0.2) is 9.79 Å². The first-order valence-corrected chi connectivity index (χ1v) is 6.80. The Morgan fingerprint density at radius 1 is 1.12 bits per heavy atom. The van der Waals surface area contributed by atoms with E-state index in [-0.39, 0.29) is 10.4 Å². The van der Waals surface area contributed by atoms with Crippen LogP contribution in [0.2, 0.25) is 0 Å². The summed E-state index contributed by atoms with van der Waals surface area (Å²) in [4.78, 5) is 15.9. The van der Waals surface area contributed by atoms with E-state index in [1.54, 1.807) is 12.5 Å². The fraction of sp³-hybridized carbons (Fsp3) is 0.714. The van der Waals surface area contributed by atoms with Gasteiger partial charge in [-0.2, -0.15) is 4.48 Å². The highest BCUT2D eigenvalue weighted by molar-refractivity contribution is 5.78. The maximum absolute atomic E-state index is 11.9. The molecule has 0 spiro atoms. The summed E-state index contributed by atoms with van der Waals surface area (Å²) in [5.74, 6) is 0.246. The molecule has 0 aliphatic carbocycles. The molecular weight excluding hydrogens is 212 g/mol. The van der Waals surface area contributed by atoms with E-state index in [1.807, 2.05) is 13.2 Å². The highest BCUT2D eigenvalue weighted by Gasteiger charge is 2.29. The van der Waals surface area contributed by atoms with Gasteiger partial charge in [0, 0.05) is 0 Å². The van der Waals surface area contributed by atoms with Gasteiger partial charge in [-0.1, -0.05) is 45.4 Å². The van der Waals surface area contributed by atoms with Crippen molar-refractivity contribution in [3.05, 3.63) is 12.4 Å². The van der Waals surface area contributed by atoms with E-state index in [9.17, 15) is 4.79 Å². The third-order valence-corrected chi connectivity index (χ3v) is 3.30. The predicted octanol–water partition coefficient (Wildman–Crippen LogP) is 3.61. The summed E-state index contributed by atoms with van der Waals surface area (Å²) >= 11 is 0. The number of amides is 1. The van der Waals surface area contributed by atoms with Crippen molar-refractivity contribution >= 4 is 12.2 Å². The number of carbonyl (C=O) groups is 1. The lowest BCUT2D eigenvalue weighted by atomic mass is 10.1. The molecule has 0 saturated carbocycles. The lowest BCUT2D eigenvalue weighted by Gasteiger charge is -2.18. The van der Waals surface area contributed by atoms with Crippen LogP contribution in [0.4, 0.5) is 0 Å². The molecule has 96 valence electrons. The minimum Gasteiger partial charge on any atom is -0.230 e. The molecule has 0 aromatic heterocycles. The summed E-state index contributed by atoms with van der Waals surface area (Å²) < 4.78 is 0.246. The van der Waals surface area contributed by atoms with E-state index in [4.69, 9.17) is 0 Å². The van der Waals surface area contributed by atoms with Crippen molar-refractivity contribution in [1.82, 2.24) is 0 Å². The molecular formula is C14H25N2O+. The lowest BCUT2D eigenvalue weighted by molar-refractivity contribution is -0.673. The SMILES string of the molecule is CCCCCCCCCC(=O)[N+]1(C)C=CN=C1. The Morgan fingerprint density at radius 3 is 2.35 bits per heavy atom. The number of aliphatic imine (C=N–C) groups is 1. The molecule has 1 unspecified atom stereocenters. The average molecular weight is 237 g/mol. The number of quaternary nitrogens is 1. The van der Waals surface area contributed by atoms with Crippen LogP contribution in [0.15, 0.2) is 17.4 Å². The van der Waals surface area contributed by atoms with Crippen LogP contribution in [0.25, 0.3) is 0 Å². The summed E-state index contributed by atoms with van der Waals surface area (Å²) in [5, 5.41) is 0. The van der Waals surface area contributed by atoms with E-state index in [0.29, 0.717) is 6.42 Å². The molecule has 0 aromatic carbocycles. The van der Waals surface area contributed by atoms with Crippen LogP contribution in [0.3, 0.4) is 0 Å². The number of rotatable bonds is 8. The minimum atomic E-state index is 0.246. The Kier molecular flexibility index (Phi) is 6.12. The van der Waals surface area contributed by atoms with Gasteiger partial charge in [0.05, 0.1) is 19.7 Å². The zero-order chi connectivity index (χ0) is 12.6. The summed E-state index contributed by atoms with van der Waals surface area (Å²) in [7, 11) is 1.89. The zero-order valence-electron chi connectivity index (χ0n) is 11.2. The van der Waals surface area contributed by atoms with E-state index in [1.165, 1.54) is 38.5 Å². The summed E-state index contributed by atoms with van der Waals surface area (Å²) in [5.41, 5.74) is 0. The van der Waals surface area contributed by atoms with E-state index < -0.39 is 0 Å². The Balaban J connectivity index is 2.05. The molecule has 3 heteroatoms. The highest BCUT2D eigenvalue weighted by atomic mass is 16.2. The van der Waals surface area contributed by atoms with Crippen molar-refractivity contribution in [2.45, 2.75) is 58.3 Å². The molecule has 1 amide bonds. The third-order valence-electron chi connectivity index (χ3n) is 3.30. The summed E-state index contributed by atoms with van der Waals surface area (Å²) in [6.07, 6.45) is 14.6. The molecule has 1 aliphatic heterocycles. The van der Waals surface area contributed by atoms with Gasteiger partial charge < -0.3 is 0 Å². The smallest absolute Gasteiger partial charge is 0.230 e. The van der Waals surface area contributed by atoms with Gasteiger partial charge in [0.2, 0.25) is 6.34 Å². The van der Waals surface area contributed by atoms with Crippen molar-refractivity contribution in [2.75, 3.05) is 7.05 Å². The second-order valence-electron chi connectivity index (χ2n) is 4.98. The Bertz CT molecular complexity index is 283. The second kappa shape index (κ2) is 7.38. The van der Waals surface area contributed by atoms with Crippen LogP contribution in [0.1, 0.15) is 58.3 Å². The fourth-order valence-corrected chi connectivity index (χ4v) is 2.01. The molecule has 0 bridgehead atoms. The maximum Gasteiger partial charge on any atom is 0.323 e. The average Bonchev–Trinajstić information content (AvgIpc) is 2.76. The molecule has 1 atom stereocenters. The molecule has 0 aromatic rings. The largest absolute Gasteiger partial charge is 0.323 e. The van der Waals surface area contributed by atoms with Gasteiger partial charge in [0.25, 0.3) is 0 Å². The number of nitrogens with zero attached hydrogens (tertiary/aromatic N) is 2. The third kappa shape index (κ3) is 4.82. The van der Waals surface area contributed by atoms with Gasteiger partial charge in [0.15, 0.2) is 0 Å². The highest BCUT2D eigenvalue weighted by Crippen LogP contribution is 2.14. The van der Waals surface area contributed by atoms with Gasteiger partial charge in [-0.05, 0) is 6.42 Å².